The van der Waals surface area contributed by atoms with Crippen LogP contribution in [0, 0.1) is 5.41 Å². The number of ether oxygens (including phenoxy) is 1. The van der Waals surface area contributed by atoms with Crippen LogP contribution < -0.4 is 5.73 Å². The first-order valence-corrected chi connectivity index (χ1v) is 7.71. The summed E-state index contributed by atoms with van der Waals surface area (Å²) >= 11 is 0. The van der Waals surface area contributed by atoms with E-state index in [2.05, 4.69) is 0 Å². The average molecular weight is 265 g/mol. The maximum atomic E-state index is 11.7. The first-order chi connectivity index (χ1) is 7.81. The largest absolute Gasteiger partial charge is 0.466 e. The van der Waals surface area contributed by atoms with Crippen LogP contribution in [0.25, 0.3) is 0 Å². The number of sulfone groups is 1. The summed E-state index contributed by atoms with van der Waals surface area (Å²) in [6, 6.07) is 0. The van der Waals surface area contributed by atoms with E-state index in [9.17, 15) is 13.2 Å². The molecule has 0 saturated carbocycles. The summed E-state index contributed by atoms with van der Waals surface area (Å²) in [6.07, 6.45) is 0.797. The third-order valence-electron chi connectivity index (χ3n) is 2.70. The SMILES string of the molecule is CCCS(=O)(=O)CCC(C)(CN)C(=O)OCC. The van der Waals surface area contributed by atoms with E-state index in [1.54, 1.807) is 13.8 Å². The second-order valence-electron chi connectivity index (χ2n) is 4.39. The Hall–Kier alpha value is -0.620. The Balaban J connectivity index is 4.55. The molecule has 0 aliphatic carbocycles. The van der Waals surface area contributed by atoms with E-state index in [4.69, 9.17) is 10.5 Å². The Bertz CT molecular complexity index is 339. The first-order valence-electron chi connectivity index (χ1n) is 5.89. The molecule has 0 aromatic rings. The fourth-order valence-corrected chi connectivity index (χ4v) is 2.97. The van der Waals surface area contributed by atoms with Gasteiger partial charge in [-0.25, -0.2) is 8.42 Å². The minimum Gasteiger partial charge on any atom is -0.466 e. The van der Waals surface area contributed by atoms with Crippen LogP contribution in [0.15, 0.2) is 0 Å². The summed E-state index contributed by atoms with van der Waals surface area (Å²) in [5.41, 5.74) is 4.64. The molecule has 0 amide bonds. The molecule has 5 nitrogen and oxygen atoms in total. The van der Waals surface area contributed by atoms with Crippen LogP contribution in [0.5, 0.6) is 0 Å². The maximum absolute atomic E-state index is 11.7. The highest BCUT2D eigenvalue weighted by Gasteiger charge is 2.34. The van der Waals surface area contributed by atoms with Gasteiger partial charge in [-0.2, -0.15) is 0 Å². The lowest BCUT2D eigenvalue weighted by molar-refractivity contribution is -0.153. The van der Waals surface area contributed by atoms with Crippen LogP contribution in [-0.4, -0.2) is 39.0 Å². The zero-order chi connectivity index (χ0) is 13.5. The Morgan fingerprint density at radius 2 is 1.88 bits per heavy atom. The van der Waals surface area contributed by atoms with Crippen LogP contribution in [0.3, 0.4) is 0 Å². The quantitative estimate of drug-likeness (QED) is 0.654. The molecule has 0 spiro atoms. The number of nitrogens with two attached hydrogens (primary N) is 1. The molecule has 102 valence electrons. The molecule has 0 heterocycles. The van der Waals surface area contributed by atoms with E-state index in [0.29, 0.717) is 6.42 Å². The normalized spacial score (nSPS) is 15.3. The second-order valence-corrected chi connectivity index (χ2v) is 6.69. The Labute approximate surface area is 104 Å². The molecule has 6 heteroatoms. The summed E-state index contributed by atoms with van der Waals surface area (Å²) < 4.78 is 28.1. The van der Waals surface area contributed by atoms with E-state index in [-0.39, 0.29) is 31.1 Å². The molecule has 0 rings (SSSR count). The zero-order valence-electron chi connectivity index (χ0n) is 10.9. The van der Waals surface area contributed by atoms with Gasteiger partial charge in [0.2, 0.25) is 0 Å². The lowest BCUT2D eigenvalue weighted by Crippen LogP contribution is -2.39. The van der Waals surface area contributed by atoms with Crippen molar-refractivity contribution in [3.63, 3.8) is 0 Å². The summed E-state index contributed by atoms with van der Waals surface area (Å²) in [7, 11) is -3.09. The van der Waals surface area contributed by atoms with Crippen LogP contribution in [0.1, 0.15) is 33.6 Å². The van der Waals surface area contributed by atoms with Crippen molar-refractivity contribution in [2.45, 2.75) is 33.6 Å². The summed E-state index contributed by atoms with van der Waals surface area (Å²) in [6.45, 7) is 5.53. The second kappa shape index (κ2) is 6.96. The van der Waals surface area contributed by atoms with Gasteiger partial charge in [0.25, 0.3) is 0 Å². The van der Waals surface area contributed by atoms with Crippen LogP contribution in [-0.2, 0) is 19.4 Å². The van der Waals surface area contributed by atoms with Crippen LogP contribution in [0.2, 0.25) is 0 Å². The van der Waals surface area contributed by atoms with Crippen molar-refractivity contribution in [2.75, 3.05) is 24.7 Å². The third kappa shape index (κ3) is 5.50. The first kappa shape index (κ1) is 16.4. The molecule has 0 saturated heterocycles. The number of carbonyl (C=O) groups excluding carboxylic acids is 1. The predicted octanol–water partition coefficient (Wildman–Crippen LogP) is 0.729. The van der Waals surface area contributed by atoms with Gasteiger partial charge in [-0.3, -0.25) is 4.79 Å². The number of hydrogen-bond donors (Lipinski definition) is 1. The molecular formula is C11H23NO4S. The van der Waals surface area contributed by atoms with E-state index in [1.807, 2.05) is 6.92 Å². The van der Waals surface area contributed by atoms with Crippen molar-refractivity contribution in [1.29, 1.82) is 0 Å². The Morgan fingerprint density at radius 1 is 1.29 bits per heavy atom. The molecule has 0 aliphatic rings. The summed E-state index contributed by atoms with van der Waals surface area (Å²) in [5, 5.41) is 0. The van der Waals surface area contributed by atoms with Gasteiger partial charge in [-0.05, 0) is 26.7 Å². The highest BCUT2D eigenvalue weighted by atomic mass is 32.2. The van der Waals surface area contributed by atoms with Crippen LogP contribution in [0.4, 0.5) is 0 Å². The number of rotatable bonds is 8. The van der Waals surface area contributed by atoms with E-state index < -0.39 is 21.2 Å². The fraction of sp³-hybridized carbons (Fsp3) is 0.909. The topological polar surface area (TPSA) is 86.5 Å². The maximum Gasteiger partial charge on any atom is 0.313 e. The van der Waals surface area contributed by atoms with Gasteiger partial charge >= 0.3 is 5.97 Å². The minimum absolute atomic E-state index is 0.0205. The molecule has 0 fully saturated rings. The molecule has 17 heavy (non-hydrogen) atoms. The highest BCUT2D eigenvalue weighted by molar-refractivity contribution is 7.91. The average Bonchev–Trinajstić information content (AvgIpc) is 2.26. The summed E-state index contributed by atoms with van der Waals surface area (Å²) in [5.74, 6) is -0.293. The van der Waals surface area contributed by atoms with E-state index >= 15 is 0 Å². The van der Waals surface area contributed by atoms with Crippen LogP contribution >= 0.6 is 0 Å². The standard InChI is InChI=1S/C11H23NO4S/c1-4-7-17(14,15)8-6-11(3,9-12)10(13)16-5-2/h4-9,12H2,1-3H3. The monoisotopic (exact) mass is 265 g/mol. The van der Waals surface area contributed by atoms with Gasteiger partial charge in [0.1, 0.15) is 9.84 Å². The van der Waals surface area contributed by atoms with Crippen molar-refractivity contribution in [1.82, 2.24) is 0 Å². The van der Waals surface area contributed by atoms with E-state index in [0.717, 1.165) is 0 Å². The molecule has 0 aliphatic heterocycles. The molecule has 1 unspecified atom stereocenters. The lowest BCUT2D eigenvalue weighted by atomic mass is 9.88. The van der Waals surface area contributed by atoms with Crippen molar-refractivity contribution in [3.05, 3.63) is 0 Å². The van der Waals surface area contributed by atoms with Gasteiger partial charge < -0.3 is 10.5 Å². The Morgan fingerprint density at radius 3 is 2.29 bits per heavy atom. The van der Waals surface area contributed by atoms with Gasteiger partial charge in [0, 0.05) is 12.3 Å². The van der Waals surface area contributed by atoms with Crippen molar-refractivity contribution < 1.29 is 17.9 Å². The van der Waals surface area contributed by atoms with Gasteiger partial charge in [-0.1, -0.05) is 6.92 Å². The van der Waals surface area contributed by atoms with Crippen molar-refractivity contribution in [3.8, 4) is 0 Å². The number of hydrogen-bond acceptors (Lipinski definition) is 5. The van der Waals surface area contributed by atoms with Gasteiger partial charge in [0.15, 0.2) is 0 Å². The van der Waals surface area contributed by atoms with E-state index in [1.165, 1.54) is 0 Å². The smallest absolute Gasteiger partial charge is 0.313 e. The summed E-state index contributed by atoms with van der Waals surface area (Å²) in [4.78, 5) is 11.7. The molecule has 0 radical (unpaired) electrons. The number of esters is 1. The van der Waals surface area contributed by atoms with Crippen molar-refractivity contribution >= 4 is 15.8 Å². The minimum atomic E-state index is -3.09. The molecular weight excluding hydrogens is 242 g/mol. The van der Waals surface area contributed by atoms with Gasteiger partial charge in [-0.15, -0.1) is 0 Å². The van der Waals surface area contributed by atoms with Crippen molar-refractivity contribution in [2.24, 2.45) is 11.1 Å². The highest BCUT2D eigenvalue weighted by Crippen LogP contribution is 2.23. The molecule has 0 aromatic carbocycles. The molecule has 1 atom stereocenters. The molecule has 2 N–H and O–H groups in total. The zero-order valence-corrected chi connectivity index (χ0v) is 11.7. The van der Waals surface area contributed by atoms with Gasteiger partial charge in [0.05, 0.1) is 17.8 Å². The molecule has 0 aromatic heterocycles. The lowest BCUT2D eigenvalue weighted by Gasteiger charge is -2.25. The predicted molar refractivity (Wildman–Crippen MR) is 67.4 cm³/mol. The third-order valence-corrected chi connectivity index (χ3v) is 4.56. The Kier molecular flexibility index (Phi) is 6.70. The number of carbonyl (C=O) groups is 1. The molecule has 0 bridgehead atoms. The fourth-order valence-electron chi connectivity index (χ4n) is 1.39.